The Kier molecular flexibility index (Phi) is 4.77. The molecule has 2 unspecified atom stereocenters. The molecular formula is C19H28N4O2. The Balaban J connectivity index is 1.46. The third-order valence-corrected chi connectivity index (χ3v) is 6.19. The standard InChI is InChI=1S/C19H28N4O2/c24-18-16(12-14-4-2-1-3-5-14)23(11-8-21-18)19(25)15-6-9-22-10-7-20-17(22)13-15/h7,10,14-16H,1-6,8-9,11-13H2,(H,21,24). The van der Waals surface area contributed by atoms with Crippen molar-refractivity contribution in [2.24, 2.45) is 11.8 Å². The Bertz CT molecular complexity index is 635. The van der Waals surface area contributed by atoms with Gasteiger partial charge in [0.1, 0.15) is 11.9 Å². The fourth-order valence-corrected chi connectivity index (χ4v) is 4.75. The van der Waals surface area contributed by atoms with Gasteiger partial charge in [0.2, 0.25) is 11.8 Å². The molecule has 6 heteroatoms. The molecule has 4 rings (SSSR count). The molecular weight excluding hydrogens is 316 g/mol. The van der Waals surface area contributed by atoms with Gasteiger partial charge in [-0.15, -0.1) is 0 Å². The van der Waals surface area contributed by atoms with Crippen LogP contribution in [0.5, 0.6) is 0 Å². The summed E-state index contributed by atoms with van der Waals surface area (Å²) in [6.45, 7) is 2.07. The summed E-state index contributed by atoms with van der Waals surface area (Å²) in [5.41, 5.74) is 0. The average Bonchev–Trinajstić information content (AvgIpc) is 3.11. The Morgan fingerprint density at radius 2 is 2.04 bits per heavy atom. The molecule has 3 aliphatic rings. The lowest BCUT2D eigenvalue weighted by atomic mass is 9.83. The van der Waals surface area contributed by atoms with Crippen molar-refractivity contribution in [1.29, 1.82) is 0 Å². The van der Waals surface area contributed by atoms with E-state index in [9.17, 15) is 9.59 Å². The van der Waals surface area contributed by atoms with Crippen molar-refractivity contribution in [3.8, 4) is 0 Å². The Hall–Kier alpha value is -1.85. The second kappa shape index (κ2) is 7.18. The van der Waals surface area contributed by atoms with Crippen molar-refractivity contribution >= 4 is 11.8 Å². The summed E-state index contributed by atoms with van der Waals surface area (Å²) >= 11 is 0. The Morgan fingerprint density at radius 1 is 1.20 bits per heavy atom. The van der Waals surface area contributed by atoms with Crippen molar-refractivity contribution in [2.45, 2.75) is 64.0 Å². The lowest BCUT2D eigenvalue weighted by molar-refractivity contribution is -0.147. The zero-order valence-corrected chi connectivity index (χ0v) is 14.8. The van der Waals surface area contributed by atoms with Gasteiger partial charge in [-0.3, -0.25) is 9.59 Å². The normalized spacial score (nSPS) is 27.7. The molecule has 0 bridgehead atoms. The predicted octanol–water partition coefficient (Wildman–Crippen LogP) is 1.74. The molecule has 2 atom stereocenters. The first-order chi connectivity index (χ1) is 12.2. The number of nitrogens with zero attached hydrogens (tertiary/aromatic N) is 3. The van der Waals surface area contributed by atoms with Crippen molar-refractivity contribution in [2.75, 3.05) is 13.1 Å². The van der Waals surface area contributed by atoms with Gasteiger partial charge < -0.3 is 14.8 Å². The number of carbonyl (C=O) groups excluding carboxylic acids is 2. The quantitative estimate of drug-likeness (QED) is 0.908. The number of rotatable bonds is 3. The van der Waals surface area contributed by atoms with Crippen LogP contribution in [-0.2, 0) is 22.6 Å². The summed E-state index contributed by atoms with van der Waals surface area (Å²) in [6, 6.07) is -0.272. The number of carbonyl (C=O) groups is 2. The Morgan fingerprint density at radius 3 is 2.88 bits per heavy atom. The molecule has 1 aromatic rings. The first-order valence-corrected chi connectivity index (χ1v) is 9.80. The van der Waals surface area contributed by atoms with Crippen LogP contribution in [0.1, 0.15) is 50.8 Å². The molecule has 3 heterocycles. The number of hydrogen-bond acceptors (Lipinski definition) is 3. The molecule has 0 spiro atoms. The number of imidazole rings is 1. The Labute approximate surface area is 149 Å². The van der Waals surface area contributed by atoms with Gasteiger partial charge in [-0.2, -0.15) is 0 Å². The highest BCUT2D eigenvalue weighted by atomic mass is 16.2. The molecule has 2 fully saturated rings. The predicted molar refractivity (Wildman–Crippen MR) is 93.7 cm³/mol. The number of fused-ring (bicyclic) bond motifs is 1. The van der Waals surface area contributed by atoms with E-state index in [1.165, 1.54) is 32.1 Å². The van der Waals surface area contributed by atoms with Crippen molar-refractivity contribution < 1.29 is 9.59 Å². The van der Waals surface area contributed by atoms with Crippen LogP contribution in [-0.4, -0.2) is 45.4 Å². The average molecular weight is 344 g/mol. The highest BCUT2D eigenvalue weighted by molar-refractivity contribution is 5.89. The van der Waals surface area contributed by atoms with Gasteiger partial charge in [0.25, 0.3) is 0 Å². The van der Waals surface area contributed by atoms with Crippen LogP contribution in [0, 0.1) is 11.8 Å². The van der Waals surface area contributed by atoms with Crippen molar-refractivity contribution in [3.05, 3.63) is 18.2 Å². The number of hydrogen-bond donors (Lipinski definition) is 1. The van der Waals surface area contributed by atoms with Gasteiger partial charge in [0.15, 0.2) is 0 Å². The third kappa shape index (κ3) is 3.44. The number of nitrogens with one attached hydrogen (secondary N) is 1. The summed E-state index contributed by atoms with van der Waals surface area (Å²) in [5.74, 6) is 1.75. The van der Waals surface area contributed by atoms with E-state index < -0.39 is 0 Å². The van der Waals surface area contributed by atoms with Crippen LogP contribution in [0.25, 0.3) is 0 Å². The number of aromatic nitrogens is 2. The van der Waals surface area contributed by atoms with Gasteiger partial charge in [-0.25, -0.2) is 4.98 Å². The lowest BCUT2D eigenvalue weighted by Crippen LogP contribution is -2.59. The number of amides is 2. The molecule has 1 aromatic heterocycles. The molecule has 25 heavy (non-hydrogen) atoms. The summed E-state index contributed by atoms with van der Waals surface area (Å²) in [7, 11) is 0. The van der Waals surface area contributed by atoms with Crippen LogP contribution >= 0.6 is 0 Å². The summed E-state index contributed by atoms with van der Waals surface area (Å²) in [4.78, 5) is 32.0. The maximum atomic E-state index is 13.2. The third-order valence-electron chi connectivity index (χ3n) is 6.19. The fraction of sp³-hybridized carbons (Fsp3) is 0.737. The summed E-state index contributed by atoms with van der Waals surface area (Å²) in [5, 5.41) is 2.97. The van der Waals surface area contributed by atoms with E-state index in [2.05, 4.69) is 14.9 Å². The van der Waals surface area contributed by atoms with Crippen LogP contribution in [0.3, 0.4) is 0 Å². The molecule has 2 amide bonds. The largest absolute Gasteiger partial charge is 0.353 e. The molecule has 2 aliphatic heterocycles. The topological polar surface area (TPSA) is 67.2 Å². The van der Waals surface area contributed by atoms with Gasteiger partial charge >= 0.3 is 0 Å². The zero-order chi connectivity index (χ0) is 17.2. The minimum atomic E-state index is -0.272. The van der Waals surface area contributed by atoms with Crippen molar-refractivity contribution in [3.63, 3.8) is 0 Å². The van der Waals surface area contributed by atoms with E-state index in [1.54, 1.807) is 0 Å². The van der Waals surface area contributed by atoms with Gasteiger partial charge in [0.05, 0.1) is 0 Å². The highest BCUT2D eigenvalue weighted by Gasteiger charge is 2.38. The van der Waals surface area contributed by atoms with E-state index in [4.69, 9.17) is 0 Å². The molecule has 6 nitrogen and oxygen atoms in total. The zero-order valence-electron chi connectivity index (χ0n) is 14.8. The fourth-order valence-electron chi connectivity index (χ4n) is 4.75. The molecule has 0 radical (unpaired) electrons. The summed E-state index contributed by atoms with van der Waals surface area (Å²) < 4.78 is 2.13. The van der Waals surface area contributed by atoms with Gasteiger partial charge in [0, 0.05) is 44.4 Å². The minimum absolute atomic E-state index is 0.0327. The highest BCUT2D eigenvalue weighted by Crippen LogP contribution is 2.30. The SMILES string of the molecule is O=C1NCCN(C(=O)C2CCn3ccnc3C2)C1CC1CCCCC1. The van der Waals surface area contributed by atoms with Crippen LogP contribution in [0.2, 0.25) is 0 Å². The number of piperazine rings is 1. The maximum Gasteiger partial charge on any atom is 0.242 e. The molecule has 136 valence electrons. The van der Waals surface area contributed by atoms with Crippen LogP contribution < -0.4 is 5.32 Å². The van der Waals surface area contributed by atoms with Crippen LogP contribution in [0.15, 0.2) is 12.4 Å². The van der Waals surface area contributed by atoms with E-state index in [0.717, 1.165) is 25.2 Å². The second-order valence-corrected chi connectivity index (χ2v) is 7.80. The maximum absolute atomic E-state index is 13.2. The van der Waals surface area contributed by atoms with Crippen molar-refractivity contribution in [1.82, 2.24) is 19.8 Å². The monoisotopic (exact) mass is 344 g/mol. The summed E-state index contributed by atoms with van der Waals surface area (Å²) in [6.07, 6.45) is 12.4. The number of aryl methyl sites for hydroxylation is 1. The smallest absolute Gasteiger partial charge is 0.242 e. The first kappa shape index (κ1) is 16.6. The van der Waals surface area contributed by atoms with Gasteiger partial charge in [-0.05, 0) is 18.8 Å². The molecule has 1 saturated heterocycles. The molecule has 1 aliphatic carbocycles. The van der Waals surface area contributed by atoms with Gasteiger partial charge in [-0.1, -0.05) is 32.1 Å². The van der Waals surface area contributed by atoms with E-state index in [1.807, 2.05) is 17.3 Å². The van der Waals surface area contributed by atoms with Crippen LogP contribution in [0.4, 0.5) is 0 Å². The van der Waals surface area contributed by atoms with E-state index >= 15 is 0 Å². The lowest BCUT2D eigenvalue weighted by Gasteiger charge is -2.39. The van der Waals surface area contributed by atoms with E-state index in [-0.39, 0.29) is 23.8 Å². The molecule has 0 aromatic carbocycles. The first-order valence-electron chi connectivity index (χ1n) is 9.80. The van der Waals surface area contributed by atoms with E-state index in [0.29, 0.717) is 25.4 Å². The second-order valence-electron chi connectivity index (χ2n) is 7.80. The minimum Gasteiger partial charge on any atom is -0.353 e. The molecule has 1 saturated carbocycles. The molecule has 1 N–H and O–H groups in total.